The lowest BCUT2D eigenvalue weighted by Gasteiger charge is -2.57. The van der Waals surface area contributed by atoms with Crippen LogP contribution in [0.1, 0.15) is 83.6 Å². The van der Waals surface area contributed by atoms with E-state index < -0.39 is 35.3 Å². The summed E-state index contributed by atoms with van der Waals surface area (Å²) in [7, 11) is 1.18. The molecular weight excluding hydrogens is 568 g/mol. The highest BCUT2D eigenvalue weighted by Crippen LogP contribution is 2.65. The Labute approximate surface area is 257 Å². The first-order chi connectivity index (χ1) is 20.9. The number of rotatable bonds is 9. The molecule has 0 heterocycles. The van der Waals surface area contributed by atoms with Crippen LogP contribution < -0.4 is 15.6 Å². The van der Waals surface area contributed by atoms with Gasteiger partial charge in [-0.05, 0) is 85.8 Å². The molecule has 3 fully saturated rings. The zero-order valence-corrected chi connectivity index (χ0v) is 25.7. The molecule has 4 aliphatic carbocycles. The smallest absolute Gasteiger partial charge is 0.328 e. The van der Waals surface area contributed by atoms with Gasteiger partial charge in [-0.1, -0.05) is 37.3 Å². The standard InChI is InChI=1S/C33H44N2O9/c1-32-14-12-21(36)18-20(32)5-6-22-23-7-9-28(33(23,2)15-13-24(22)32)44-30(39)11-10-29(38)34-25(31(40)43-3)16-19-4-8-27(37)26(17-19)35(41)42/h4,8,17-18,22-25,28,37,41-42H,5-7,9-16H2,1-3H3,(H,34,38)/p-1/t22?,23?,24?,25?,28?,32-,33-/m0/s1. The van der Waals surface area contributed by atoms with Gasteiger partial charge in [0.2, 0.25) is 5.91 Å². The molecule has 44 heavy (non-hydrogen) atoms. The third kappa shape index (κ3) is 6.08. The van der Waals surface area contributed by atoms with Gasteiger partial charge in [-0.3, -0.25) is 24.8 Å². The summed E-state index contributed by atoms with van der Waals surface area (Å²) >= 11 is 0. The number of carbonyl (C=O) groups excluding carboxylic acids is 4. The van der Waals surface area contributed by atoms with E-state index in [1.54, 1.807) is 0 Å². The van der Waals surface area contributed by atoms with Crippen LogP contribution in [-0.2, 0) is 35.1 Å². The van der Waals surface area contributed by atoms with E-state index in [4.69, 9.17) is 9.47 Å². The molecule has 0 bridgehead atoms. The molecule has 1 aromatic carbocycles. The first-order valence-corrected chi connectivity index (χ1v) is 15.6. The molecule has 11 heteroatoms. The quantitative estimate of drug-likeness (QED) is 0.276. The van der Waals surface area contributed by atoms with Gasteiger partial charge >= 0.3 is 11.9 Å². The molecule has 3 saturated carbocycles. The zero-order valence-electron chi connectivity index (χ0n) is 25.7. The van der Waals surface area contributed by atoms with Crippen LogP contribution >= 0.6 is 0 Å². The lowest BCUT2D eigenvalue weighted by Crippen LogP contribution is -2.51. The Morgan fingerprint density at radius 1 is 1.07 bits per heavy atom. The van der Waals surface area contributed by atoms with E-state index in [0.717, 1.165) is 51.0 Å². The summed E-state index contributed by atoms with van der Waals surface area (Å²) in [6.45, 7) is 4.60. The second kappa shape index (κ2) is 12.5. The molecule has 11 nitrogen and oxygen atoms in total. The van der Waals surface area contributed by atoms with Gasteiger partial charge < -0.3 is 19.9 Å². The lowest BCUT2D eigenvalue weighted by molar-refractivity contribution is -0.268. The SMILES string of the molecule is COC(=O)C(Cc1ccc([O-])c(N(O)O)c1)NC(=O)CCC(=O)OC1CCC2C3CCC4=CC(=O)CC[C@]4(C)C3CC[C@]12C. The van der Waals surface area contributed by atoms with Crippen LogP contribution in [0.15, 0.2) is 29.8 Å². The second-order valence-corrected chi connectivity index (χ2v) is 13.5. The number of benzene rings is 1. The predicted octanol–water partition coefficient (Wildman–Crippen LogP) is 3.77. The van der Waals surface area contributed by atoms with Gasteiger partial charge in [0.05, 0.1) is 19.2 Å². The van der Waals surface area contributed by atoms with Gasteiger partial charge in [-0.15, -0.1) is 5.23 Å². The number of hydrogen-bond acceptors (Lipinski definition) is 10. The largest absolute Gasteiger partial charge is 0.871 e. The van der Waals surface area contributed by atoms with E-state index in [0.29, 0.717) is 29.7 Å². The molecule has 1 aromatic rings. The molecule has 1 amide bonds. The monoisotopic (exact) mass is 611 g/mol. The molecule has 3 N–H and O–H groups in total. The van der Waals surface area contributed by atoms with Crippen molar-refractivity contribution in [2.45, 2.75) is 96.6 Å². The summed E-state index contributed by atoms with van der Waals surface area (Å²) < 4.78 is 10.8. The van der Waals surface area contributed by atoms with Crippen molar-refractivity contribution in [3.05, 3.63) is 35.4 Å². The van der Waals surface area contributed by atoms with Crippen molar-refractivity contribution in [3.8, 4) is 5.75 Å². The van der Waals surface area contributed by atoms with Crippen molar-refractivity contribution in [2.24, 2.45) is 28.6 Å². The molecule has 4 aliphatic rings. The Bertz CT molecular complexity index is 1340. The van der Waals surface area contributed by atoms with Crippen LogP contribution in [0.3, 0.4) is 0 Å². The van der Waals surface area contributed by atoms with Crippen molar-refractivity contribution in [1.29, 1.82) is 0 Å². The lowest BCUT2D eigenvalue weighted by atomic mass is 9.47. The Hall–Kier alpha value is -3.44. The van der Waals surface area contributed by atoms with Crippen molar-refractivity contribution >= 4 is 29.3 Å². The molecular formula is C33H43N2O9-. The fourth-order valence-corrected chi connectivity index (χ4v) is 8.82. The number of carbonyl (C=O) groups is 4. The fourth-order valence-electron chi connectivity index (χ4n) is 8.82. The highest BCUT2D eigenvalue weighted by atomic mass is 16.8. The average molecular weight is 612 g/mol. The number of allylic oxidation sites excluding steroid dienone is 1. The first-order valence-electron chi connectivity index (χ1n) is 15.6. The van der Waals surface area contributed by atoms with E-state index in [1.165, 1.54) is 24.8 Å². The summed E-state index contributed by atoms with van der Waals surface area (Å²) in [5.74, 6) is -0.532. The molecule has 0 radical (unpaired) electrons. The second-order valence-electron chi connectivity index (χ2n) is 13.5. The minimum absolute atomic E-state index is 0.0689. The van der Waals surface area contributed by atoms with Crippen LogP contribution in [0.25, 0.3) is 0 Å². The van der Waals surface area contributed by atoms with E-state index in [1.807, 2.05) is 6.08 Å². The highest BCUT2D eigenvalue weighted by molar-refractivity contribution is 5.91. The number of hydrogen-bond donors (Lipinski definition) is 3. The fraction of sp³-hybridized carbons (Fsp3) is 0.636. The van der Waals surface area contributed by atoms with Crippen LogP contribution in [0.5, 0.6) is 5.75 Å². The predicted molar refractivity (Wildman–Crippen MR) is 155 cm³/mol. The number of esters is 2. The Morgan fingerprint density at radius 2 is 1.84 bits per heavy atom. The van der Waals surface area contributed by atoms with Gasteiger partial charge in [0.1, 0.15) is 12.1 Å². The average Bonchev–Trinajstić information content (AvgIpc) is 3.32. The van der Waals surface area contributed by atoms with Gasteiger partial charge in [-0.2, -0.15) is 0 Å². The van der Waals surface area contributed by atoms with Crippen molar-refractivity contribution in [3.63, 3.8) is 0 Å². The molecule has 0 spiro atoms. The molecule has 240 valence electrons. The number of ether oxygens (including phenoxy) is 2. The van der Waals surface area contributed by atoms with Crippen LogP contribution in [-0.4, -0.2) is 53.3 Å². The van der Waals surface area contributed by atoms with Gasteiger partial charge in [0.25, 0.3) is 0 Å². The minimum Gasteiger partial charge on any atom is -0.871 e. The summed E-state index contributed by atoms with van der Waals surface area (Å²) in [4.78, 5) is 50.2. The summed E-state index contributed by atoms with van der Waals surface area (Å²) in [5, 5.41) is 32.6. The number of fused-ring (bicyclic) bond motifs is 5. The Balaban J connectivity index is 1.15. The molecule has 7 atom stereocenters. The Kier molecular flexibility index (Phi) is 9.09. The number of ketones is 1. The highest BCUT2D eigenvalue weighted by Gasteiger charge is 2.60. The van der Waals surface area contributed by atoms with Crippen molar-refractivity contribution in [1.82, 2.24) is 5.32 Å². The van der Waals surface area contributed by atoms with E-state index in [2.05, 4.69) is 19.2 Å². The topological polar surface area (TPSA) is 166 Å². The van der Waals surface area contributed by atoms with Crippen LogP contribution in [0.2, 0.25) is 0 Å². The maximum Gasteiger partial charge on any atom is 0.328 e. The third-order valence-corrected chi connectivity index (χ3v) is 11.2. The van der Waals surface area contributed by atoms with Crippen LogP contribution in [0, 0.1) is 28.6 Å². The summed E-state index contributed by atoms with van der Waals surface area (Å²) in [6.07, 6.45) is 8.74. The van der Waals surface area contributed by atoms with E-state index >= 15 is 0 Å². The number of methoxy groups -OCH3 is 1. The molecule has 0 saturated heterocycles. The maximum atomic E-state index is 13.0. The molecule has 0 aliphatic heterocycles. The first kappa shape index (κ1) is 32.0. The maximum absolute atomic E-state index is 13.0. The van der Waals surface area contributed by atoms with Gasteiger partial charge in [0, 0.05) is 24.7 Å². The van der Waals surface area contributed by atoms with Gasteiger partial charge in [-0.25, -0.2) is 4.79 Å². The molecule has 5 unspecified atom stereocenters. The van der Waals surface area contributed by atoms with Crippen molar-refractivity contribution in [2.75, 3.05) is 12.3 Å². The molecule has 5 rings (SSSR count). The number of amides is 1. The number of anilines is 1. The van der Waals surface area contributed by atoms with E-state index in [-0.39, 0.29) is 47.2 Å². The summed E-state index contributed by atoms with van der Waals surface area (Å²) in [6, 6.07) is 2.62. The van der Waals surface area contributed by atoms with Crippen LogP contribution in [0.4, 0.5) is 5.69 Å². The van der Waals surface area contributed by atoms with Gasteiger partial charge in [0.15, 0.2) is 5.78 Å². The third-order valence-electron chi connectivity index (χ3n) is 11.2. The summed E-state index contributed by atoms with van der Waals surface area (Å²) in [5.41, 5.74) is 1.29. The van der Waals surface area contributed by atoms with E-state index in [9.17, 15) is 34.7 Å². The normalized spacial score (nSPS) is 31.5. The molecule has 0 aromatic heterocycles. The Morgan fingerprint density at radius 3 is 2.57 bits per heavy atom. The van der Waals surface area contributed by atoms with Crippen molar-refractivity contribution < 1.29 is 44.2 Å². The number of nitrogens with zero attached hydrogens (tertiary/aromatic N) is 1. The number of nitrogens with one attached hydrogen (secondary N) is 1. The minimum atomic E-state index is -1.11. The zero-order chi connectivity index (χ0) is 31.8.